The van der Waals surface area contributed by atoms with Gasteiger partial charge in [-0.3, -0.25) is 4.79 Å². The van der Waals surface area contributed by atoms with Crippen molar-refractivity contribution in [1.29, 1.82) is 0 Å². The number of nitrogens with zero attached hydrogens (tertiary/aromatic N) is 2. The maximum atomic E-state index is 12.6. The Balaban J connectivity index is 1.60. The minimum absolute atomic E-state index is 0.0920. The zero-order valence-corrected chi connectivity index (χ0v) is 15.9. The highest BCUT2D eigenvalue weighted by molar-refractivity contribution is 7.89. The molecule has 2 aromatic rings. The van der Waals surface area contributed by atoms with Crippen LogP contribution in [0.5, 0.6) is 5.75 Å². The van der Waals surface area contributed by atoms with Crippen LogP contribution in [0.1, 0.15) is 17.7 Å². The molecular formula is C19H24N2O4S. The van der Waals surface area contributed by atoms with Crippen molar-refractivity contribution in [3.8, 4) is 5.75 Å². The van der Waals surface area contributed by atoms with E-state index in [1.807, 2.05) is 37.3 Å². The Kier molecular flexibility index (Phi) is 5.48. The lowest BCUT2D eigenvalue weighted by Gasteiger charge is -2.17. The molecule has 3 rings (SSSR count). The Labute approximate surface area is 154 Å². The number of rotatable bonds is 6. The summed E-state index contributed by atoms with van der Waals surface area (Å²) in [5.74, 6) is 0.591. The molecule has 1 saturated heterocycles. The summed E-state index contributed by atoms with van der Waals surface area (Å²) in [7, 11) is -1.61. The van der Waals surface area contributed by atoms with E-state index in [0.717, 1.165) is 11.3 Å². The Hall–Kier alpha value is -2.12. The molecule has 6 nitrogen and oxygen atoms in total. The van der Waals surface area contributed by atoms with Gasteiger partial charge in [0.1, 0.15) is 11.9 Å². The molecule has 1 fully saturated rings. The molecule has 1 aromatic heterocycles. The molecule has 0 spiro atoms. The van der Waals surface area contributed by atoms with Crippen molar-refractivity contribution in [2.24, 2.45) is 7.05 Å². The van der Waals surface area contributed by atoms with Gasteiger partial charge in [-0.25, -0.2) is 8.42 Å². The Morgan fingerprint density at radius 2 is 1.92 bits per heavy atom. The molecule has 1 aromatic carbocycles. The lowest BCUT2D eigenvalue weighted by molar-refractivity contribution is 0.214. The highest BCUT2D eigenvalue weighted by atomic mass is 32.2. The van der Waals surface area contributed by atoms with Crippen molar-refractivity contribution >= 4 is 10.0 Å². The van der Waals surface area contributed by atoms with Gasteiger partial charge in [-0.2, -0.15) is 4.31 Å². The van der Waals surface area contributed by atoms with Gasteiger partial charge >= 0.3 is 0 Å². The third kappa shape index (κ3) is 4.34. The number of ether oxygens (including phenoxy) is 1. The first-order valence-corrected chi connectivity index (χ1v) is 10.3. The number of sulfonamides is 1. The molecule has 7 heteroatoms. The zero-order chi connectivity index (χ0) is 18.7. The summed E-state index contributed by atoms with van der Waals surface area (Å²) in [6.45, 7) is 2.61. The molecular weight excluding hydrogens is 352 g/mol. The first kappa shape index (κ1) is 18.7. The Morgan fingerprint density at radius 3 is 2.62 bits per heavy atom. The van der Waals surface area contributed by atoms with Gasteiger partial charge in [0, 0.05) is 25.4 Å². The second-order valence-corrected chi connectivity index (χ2v) is 8.76. The molecule has 0 bridgehead atoms. The zero-order valence-electron chi connectivity index (χ0n) is 15.1. The first-order valence-electron chi connectivity index (χ1n) is 8.71. The average Bonchev–Trinajstić information content (AvgIpc) is 3.08. The normalized spacial score (nSPS) is 18.2. The predicted molar refractivity (Wildman–Crippen MR) is 101 cm³/mol. The van der Waals surface area contributed by atoms with Crippen LogP contribution in [-0.4, -0.2) is 42.2 Å². The van der Waals surface area contributed by atoms with Crippen LogP contribution in [0.4, 0.5) is 0 Å². The number of hydrogen-bond acceptors (Lipinski definition) is 4. The van der Waals surface area contributed by atoms with E-state index in [4.69, 9.17) is 4.74 Å². The van der Waals surface area contributed by atoms with Crippen LogP contribution in [-0.2, 0) is 23.5 Å². The Bertz CT molecular complexity index is 922. The molecule has 0 N–H and O–H groups in total. The van der Waals surface area contributed by atoms with Crippen LogP contribution in [0, 0.1) is 6.92 Å². The maximum absolute atomic E-state index is 12.6. The van der Waals surface area contributed by atoms with Crippen molar-refractivity contribution in [2.75, 3.05) is 18.8 Å². The standard InChI is InChI=1S/C19H24N2O4S/c1-15-12-18(13-19(22)20(15)2)25-17-8-10-21(14-17)26(23,24)11-9-16-6-4-3-5-7-16/h3-7,12-13,17H,8-11,14H2,1-2H3/t17-/m0/s1. The molecule has 2 heterocycles. The second-order valence-electron chi connectivity index (χ2n) is 6.67. The summed E-state index contributed by atoms with van der Waals surface area (Å²) in [5, 5.41) is 0. The van der Waals surface area contributed by atoms with E-state index >= 15 is 0 Å². The maximum Gasteiger partial charge on any atom is 0.254 e. The number of hydrogen-bond donors (Lipinski definition) is 0. The molecule has 0 aliphatic carbocycles. The summed E-state index contributed by atoms with van der Waals surface area (Å²) >= 11 is 0. The van der Waals surface area contributed by atoms with Crippen LogP contribution >= 0.6 is 0 Å². The topological polar surface area (TPSA) is 68.6 Å². The first-order chi connectivity index (χ1) is 12.3. The third-order valence-electron chi connectivity index (χ3n) is 4.77. The SMILES string of the molecule is Cc1cc(O[C@H]2CCN(S(=O)(=O)CCc3ccccc3)C2)cc(=O)n1C. The fourth-order valence-corrected chi connectivity index (χ4v) is 4.59. The van der Waals surface area contributed by atoms with Crippen LogP contribution in [0.25, 0.3) is 0 Å². The van der Waals surface area contributed by atoms with Crippen LogP contribution < -0.4 is 10.3 Å². The van der Waals surface area contributed by atoms with E-state index < -0.39 is 10.0 Å². The third-order valence-corrected chi connectivity index (χ3v) is 6.61. The summed E-state index contributed by atoms with van der Waals surface area (Å²) in [6.07, 6.45) is 0.894. The molecule has 0 saturated carbocycles. The molecule has 0 unspecified atom stereocenters. The second kappa shape index (κ2) is 7.63. The van der Waals surface area contributed by atoms with Crippen LogP contribution in [0.3, 0.4) is 0 Å². The fraction of sp³-hybridized carbons (Fsp3) is 0.421. The molecule has 1 atom stereocenters. The van der Waals surface area contributed by atoms with Gasteiger partial charge in [-0.1, -0.05) is 30.3 Å². The number of benzene rings is 1. The average molecular weight is 376 g/mol. The quantitative estimate of drug-likeness (QED) is 0.770. The predicted octanol–water partition coefficient (Wildman–Crippen LogP) is 1.72. The minimum Gasteiger partial charge on any atom is -0.489 e. The number of pyridine rings is 1. The van der Waals surface area contributed by atoms with E-state index in [-0.39, 0.29) is 17.4 Å². The van der Waals surface area contributed by atoms with Gasteiger partial charge in [0.2, 0.25) is 10.0 Å². The summed E-state index contributed by atoms with van der Waals surface area (Å²) in [6, 6.07) is 12.8. The highest BCUT2D eigenvalue weighted by Gasteiger charge is 2.32. The number of aromatic nitrogens is 1. The Morgan fingerprint density at radius 1 is 1.19 bits per heavy atom. The molecule has 26 heavy (non-hydrogen) atoms. The summed E-state index contributed by atoms with van der Waals surface area (Å²) < 4.78 is 34.0. The van der Waals surface area contributed by atoms with E-state index in [9.17, 15) is 13.2 Å². The summed E-state index contributed by atoms with van der Waals surface area (Å²) in [4.78, 5) is 11.9. The van der Waals surface area contributed by atoms with E-state index in [2.05, 4.69) is 0 Å². The van der Waals surface area contributed by atoms with Crippen LogP contribution in [0.2, 0.25) is 0 Å². The van der Waals surface area contributed by atoms with Crippen molar-refractivity contribution in [3.05, 3.63) is 64.1 Å². The minimum atomic E-state index is -3.32. The van der Waals surface area contributed by atoms with E-state index in [0.29, 0.717) is 31.7 Å². The van der Waals surface area contributed by atoms with E-state index in [1.54, 1.807) is 17.7 Å². The highest BCUT2D eigenvalue weighted by Crippen LogP contribution is 2.21. The lowest BCUT2D eigenvalue weighted by Crippen LogP contribution is -2.33. The van der Waals surface area contributed by atoms with Crippen molar-refractivity contribution in [2.45, 2.75) is 25.9 Å². The van der Waals surface area contributed by atoms with Gasteiger partial charge in [0.25, 0.3) is 5.56 Å². The molecule has 1 aliphatic rings. The fourth-order valence-electron chi connectivity index (χ4n) is 3.06. The lowest BCUT2D eigenvalue weighted by atomic mass is 10.2. The van der Waals surface area contributed by atoms with Crippen LogP contribution in [0.15, 0.2) is 47.3 Å². The molecule has 1 aliphatic heterocycles. The number of aryl methyl sites for hydroxylation is 2. The van der Waals surface area contributed by atoms with Gasteiger partial charge < -0.3 is 9.30 Å². The molecule has 140 valence electrons. The van der Waals surface area contributed by atoms with Gasteiger partial charge in [-0.05, 0) is 31.4 Å². The van der Waals surface area contributed by atoms with Crippen molar-refractivity contribution < 1.29 is 13.2 Å². The van der Waals surface area contributed by atoms with Gasteiger partial charge in [0.15, 0.2) is 0 Å². The molecule has 0 amide bonds. The van der Waals surface area contributed by atoms with E-state index in [1.165, 1.54) is 10.4 Å². The summed E-state index contributed by atoms with van der Waals surface area (Å²) in [5.41, 5.74) is 1.68. The largest absolute Gasteiger partial charge is 0.489 e. The van der Waals surface area contributed by atoms with Crippen molar-refractivity contribution in [1.82, 2.24) is 8.87 Å². The smallest absolute Gasteiger partial charge is 0.254 e. The molecule has 0 radical (unpaired) electrons. The van der Waals surface area contributed by atoms with Gasteiger partial charge in [0.05, 0.1) is 12.3 Å². The van der Waals surface area contributed by atoms with Crippen molar-refractivity contribution in [3.63, 3.8) is 0 Å². The van der Waals surface area contributed by atoms with Gasteiger partial charge in [-0.15, -0.1) is 0 Å². The monoisotopic (exact) mass is 376 g/mol.